The Kier molecular flexibility index (Phi) is 12.7. The van der Waals surface area contributed by atoms with E-state index < -0.39 is 0 Å². The average molecular weight is 371 g/mol. The molecule has 0 heterocycles. The van der Waals surface area contributed by atoms with E-state index in [-0.39, 0.29) is 29.9 Å². The van der Waals surface area contributed by atoms with Crippen LogP contribution >= 0.6 is 24.0 Å². The molecule has 0 radical (unpaired) electrons. The molecule has 0 fully saturated rings. The van der Waals surface area contributed by atoms with Gasteiger partial charge >= 0.3 is 5.97 Å². The van der Waals surface area contributed by atoms with Gasteiger partial charge in [-0.05, 0) is 12.8 Å². The van der Waals surface area contributed by atoms with Crippen molar-refractivity contribution < 1.29 is 9.53 Å². The van der Waals surface area contributed by atoms with Gasteiger partial charge in [-0.1, -0.05) is 6.42 Å². The minimum atomic E-state index is -0.129. The third-order valence-electron chi connectivity index (χ3n) is 2.32. The summed E-state index contributed by atoms with van der Waals surface area (Å²) < 4.78 is 4.58. The lowest BCUT2D eigenvalue weighted by Gasteiger charge is -2.22. The molecule has 0 spiro atoms. The van der Waals surface area contributed by atoms with Gasteiger partial charge in [0.2, 0.25) is 0 Å². The normalized spacial score (nSPS) is 9.17. The molecular weight excluding hydrogens is 345 g/mol. The van der Waals surface area contributed by atoms with Crippen LogP contribution in [0, 0.1) is 0 Å². The fourth-order valence-corrected chi connectivity index (χ4v) is 1.52. The molecule has 108 valence electrons. The molecule has 0 saturated carbocycles. The van der Waals surface area contributed by atoms with Crippen molar-refractivity contribution in [2.45, 2.75) is 25.7 Å². The van der Waals surface area contributed by atoms with Gasteiger partial charge in [-0.3, -0.25) is 9.79 Å². The van der Waals surface area contributed by atoms with Crippen LogP contribution in [0.5, 0.6) is 0 Å². The number of unbranched alkanes of at least 4 members (excludes halogenated alkanes) is 2. The maximum atomic E-state index is 10.9. The van der Waals surface area contributed by atoms with Crippen molar-refractivity contribution in [2.75, 3.05) is 41.8 Å². The zero-order valence-electron chi connectivity index (χ0n) is 12.1. The molecule has 0 unspecified atom stereocenters. The van der Waals surface area contributed by atoms with Crippen LogP contribution in [0.4, 0.5) is 0 Å². The molecule has 0 atom stereocenters. The van der Waals surface area contributed by atoms with Crippen LogP contribution in [0.2, 0.25) is 0 Å². The predicted octanol–water partition coefficient (Wildman–Crippen LogP) is 1.82. The number of carbonyl (C=O) groups excluding carboxylic acids is 1. The predicted molar refractivity (Wildman–Crippen MR) is 85.6 cm³/mol. The highest BCUT2D eigenvalue weighted by Gasteiger charge is 2.03. The van der Waals surface area contributed by atoms with Crippen molar-refractivity contribution in [1.29, 1.82) is 0 Å². The number of methoxy groups -OCH3 is 1. The highest BCUT2D eigenvalue weighted by atomic mass is 127. The van der Waals surface area contributed by atoms with Crippen LogP contribution in [0.15, 0.2) is 4.99 Å². The Morgan fingerprint density at radius 2 is 1.61 bits per heavy atom. The maximum Gasteiger partial charge on any atom is 0.305 e. The van der Waals surface area contributed by atoms with E-state index >= 15 is 0 Å². The number of halogens is 1. The summed E-state index contributed by atoms with van der Waals surface area (Å²) >= 11 is 0. The smallest absolute Gasteiger partial charge is 0.305 e. The Bertz CT molecular complexity index is 246. The van der Waals surface area contributed by atoms with E-state index in [1.165, 1.54) is 7.11 Å². The van der Waals surface area contributed by atoms with Gasteiger partial charge in [0.15, 0.2) is 5.96 Å². The molecule has 0 aliphatic carbocycles. The van der Waals surface area contributed by atoms with E-state index in [4.69, 9.17) is 0 Å². The number of rotatable bonds is 6. The molecule has 0 aliphatic rings. The number of esters is 1. The molecule has 0 saturated heterocycles. The monoisotopic (exact) mass is 371 g/mol. The molecule has 0 bridgehead atoms. The zero-order chi connectivity index (χ0) is 13.3. The van der Waals surface area contributed by atoms with Gasteiger partial charge in [-0.2, -0.15) is 0 Å². The van der Waals surface area contributed by atoms with E-state index in [9.17, 15) is 4.79 Å². The lowest BCUT2D eigenvalue weighted by molar-refractivity contribution is -0.140. The SMILES string of the molecule is COC(=O)CCCCCN=C(N(C)C)N(C)C.I. The first-order valence-electron chi connectivity index (χ1n) is 5.95. The summed E-state index contributed by atoms with van der Waals surface area (Å²) in [6.45, 7) is 0.798. The Hall–Kier alpha value is -0.530. The quantitative estimate of drug-likeness (QED) is 0.235. The van der Waals surface area contributed by atoms with Gasteiger partial charge in [-0.15, -0.1) is 24.0 Å². The molecule has 5 nitrogen and oxygen atoms in total. The lowest BCUT2D eigenvalue weighted by atomic mass is 10.2. The molecule has 0 aromatic carbocycles. The van der Waals surface area contributed by atoms with E-state index in [0.717, 1.165) is 31.8 Å². The summed E-state index contributed by atoms with van der Waals surface area (Å²) in [6.07, 6.45) is 3.39. The largest absolute Gasteiger partial charge is 0.469 e. The van der Waals surface area contributed by atoms with Gasteiger partial charge < -0.3 is 14.5 Å². The van der Waals surface area contributed by atoms with Gasteiger partial charge in [0.05, 0.1) is 7.11 Å². The van der Waals surface area contributed by atoms with Gasteiger partial charge in [-0.25, -0.2) is 0 Å². The minimum absolute atomic E-state index is 0. The van der Waals surface area contributed by atoms with E-state index in [1.54, 1.807) is 0 Å². The third-order valence-corrected chi connectivity index (χ3v) is 2.32. The molecule has 0 aromatic heterocycles. The van der Waals surface area contributed by atoms with Crippen LogP contribution in [0.1, 0.15) is 25.7 Å². The lowest BCUT2D eigenvalue weighted by Crippen LogP contribution is -2.35. The topological polar surface area (TPSA) is 45.1 Å². The summed E-state index contributed by atoms with van der Waals surface area (Å²) in [5, 5.41) is 0. The number of aliphatic imine (C=N–C) groups is 1. The number of hydrogen-bond acceptors (Lipinski definition) is 3. The molecule has 18 heavy (non-hydrogen) atoms. The van der Waals surface area contributed by atoms with Crippen LogP contribution in [0.25, 0.3) is 0 Å². The standard InChI is InChI=1S/C12H25N3O2.HI/c1-14(2)12(15(3)4)13-10-8-6-7-9-11(16)17-5;/h6-10H2,1-5H3;1H. The maximum absolute atomic E-state index is 10.9. The fraction of sp³-hybridized carbons (Fsp3) is 0.833. The number of hydrogen-bond donors (Lipinski definition) is 0. The first-order valence-corrected chi connectivity index (χ1v) is 5.95. The summed E-state index contributed by atoms with van der Waals surface area (Å²) in [4.78, 5) is 19.4. The Balaban J connectivity index is 0. The average Bonchev–Trinajstić information content (AvgIpc) is 2.26. The van der Waals surface area contributed by atoms with Crippen molar-refractivity contribution >= 4 is 35.9 Å². The van der Waals surface area contributed by atoms with Crippen LogP contribution in [-0.4, -0.2) is 63.6 Å². The van der Waals surface area contributed by atoms with Gasteiger partial charge in [0, 0.05) is 41.2 Å². The first kappa shape index (κ1) is 19.8. The second kappa shape index (κ2) is 11.6. The molecule has 0 aromatic rings. The molecule has 0 amide bonds. The summed E-state index contributed by atoms with van der Waals surface area (Å²) in [7, 11) is 9.35. The molecule has 0 aliphatic heterocycles. The fourth-order valence-electron chi connectivity index (χ4n) is 1.52. The number of carbonyl (C=O) groups is 1. The number of guanidine groups is 1. The van der Waals surface area contributed by atoms with Crippen LogP contribution < -0.4 is 0 Å². The van der Waals surface area contributed by atoms with Crippen molar-refractivity contribution in [3.8, 4) is 0 Å². The Labute approximate surface area is 128 Å². The highest BCUT2D eigenvalue weighted by molar-refractivity contribution is 14.0. The molecular formula is C12H26IN3O2. The molecule has 0 rings (SSSR count). The van der Waals surface area contributed by atoms with Gasteiger partial charge in [0.25, 0.3) is 0 Å². The summed E-state index contributed by atoms with van der Waals surface area (Å²) in [5.74, 6) is 0.841. The van der Waals surface area contributed by atoms with Crippen LogP contribution in [-0.2, 0) is 9.53 Å². The van der Waals surface area contributed by atoms with Crippen molar-refractivity contribution in [3.05, 3.63) is 0 Å². The van der Waals surface area contributed by atoms with E-state index in [1.807, 2.05) is 38.0 Å². The van der Waals surface area contributed by atoms with Crippen molar-refractivity contribution in [1.82, 2.24) is 9.80 Å². The Morgan fingerprint density at radius 1 is 1.06 bits per heavy atom. The number of nitrogens with zero attached hydrogens (tertiary/aromatic N) is 3. The van der Waals surface area contributed by atoms with Crippen molar-refractivity contribution in [2.24, 2.45) is 4.99 Å². The van der Waals surface area contributed by atoms with E-state index in [0.29, 0.717) is 6.42 Å². The van der Waals surface area contributed by atoms with E-state index in [2.05, 4.69) is 9.73 Å². The molecule has 6 heteroatoms. The zero-order valence-corrected chi connectivity index (χ0v) is 14.4. The second-order valence-corrected chi connectivity index (χ2v) is 4.36. The minimum Gasteiger partial charge on any atom is -0.469 e. The second-order valence-electron chi connectivity index (χ2n) is 4.36. The first-order chi connectivity index (χ1) is 7.99. The molecule has 0 N–H and O–H groups in total. The van der Waals surface area contributed by atoms with Crippen molar-refractivity contribution in [3.63, 3.8) is 0 Å². The van der Waals surface area contributed by atoms with Crippen LogP contribution in [0.3, 0.4) is 0 Å². The highest BCUT2D eigenvalue weighted by Crippen LogP contribution is 2.02. The number of ether oxygens (including phenoxy) is 1. The summed E-state index contributed by atoms with van der Waals surface area (Å²) in [6, 6.07) is 0. The Morgan fingerprint density at radius 3 is 2.06 bits per heavy atom. The van der Waals surface area contributed by atoms with Gasteiger partial charge in [0.1, 0.15) is 0 Å². The third kappa shape index (κ3) is 9.49. The summed E-state index contributed by atoms with van der Waals surface area (Å²) in [5.41, 5.74) is 0.